The number of anilines is 1. The number of carbonyl (C=O) groups is 1. The average Bonchev–Trinajstić information content (AvgIpc) is 2.38. The largest absolute Gasteiger partial charge is 0.418 e. The maximum atomic E-state index is 12.7. The van der Waals surface area contributed by atoms with Crippen LogP contribution >= 0.6 is 0 Å². The van der Waals surface area contributed by atoms with Crippen molar-refractivity contribution in [1.29, 1.82) is 0 Å². The number of hydrogen-bond acceptors (Lipinski definition) is 3. The third-order valence-electron chi connectivity index (χ3n) is 2.63. The molecule has 9 heteroatoms. The Hall–Kier alpha value is -1.77. The van der Waals surface area contributed by atoms with E-state index < -0.39 is 27.5 Å². The molecule has 0 spiro atoms. The fraction of sp³-hybridized carbons (Fsp3) is 0.417. The molecular weight excluding hydrogens is 307 g/mol. The Morgan fingerprint density at radius 2 is 1.95 bits per heavy atom. The van der Waals surface area contributed by atoms with Crippen LogP contribution in [0.4, 0.5) is 23.7 Å². The van der Waals surface area contributed by atoms with Crippen molar-refractivity contribution in [1.82, 2.24) is 5.32 Å². The van der Waals surface area contributed by atoms with Gasteiger partial charge in [0.05, 0.1) is 11.3 Å². The number of urea groups is 1. The minimum Gasteiger partial charge on any atom is -0.337 e. The molecular formula is C12H16F3N3O2S. The van der Waals surface area contributed by atoms with Gasteiger partial charge in [-0.3, -0.25) is 0 Å². The fourth-order valence-electron chi connectivity index (χ4n) is 1.45. The molecule has 1 rings (SSSR count). The van der Waals surface area contributed by atoms with Crippen molar-refractivity contribution >= 4 is 21.4 Å². The topological polar surface area (TPSA) is 70.6 Å². The molecule has 0 aliphatic heterocycles. The van der Waals surface area contributed by atoms with Gasteiger partial charge in [-0.05, 0) is 12.1 Å². The van der Waals surface area contributed by atoms with Crippen LogP contribution in [0.15, 0.2) is 28.6 Å². The summed E-state index contributed by atoms with van der Waals surface area (Å²) in [7, 11) is -0.962. The Morgan fingerprint density at radius 1 is 1.33 bits per heavy atom. The molecule has 0 aliphatic rings. The lowest BCUT2D eigenvalue weighted by Crippen LogP contribution is -2.33. The van der Waals surface area contributed by atoms with Crippen LogP contribution in [-0.4, -0.2) is 35.8 Å². The van der Waals surface area contributed by atoms with Gasteiger partial charge in [0.1, 0.15) is 0 Å². The van der Waals surface area contributed by atoms with Gasteiger partial charge in [0.25, 0.3) is 0 Å². The lowest BCUT2D eigenvalue weighted by atomic mass is 10.1. The number of nitrogens with one attached hydrogen (secondary N) is 2. The first kappa shape index (κ1) is 17.3. The van der Waals surface area contributed by atoms with E-state index in [0.717, 1.165) is 12.1 Å². The zero-order valence-electron chi connectivity index (χ0n) is 11.5. The standard InChI is InChI=1S/C12H16F3N3O2S/c1-16-21(2,20)8-7-17-11(19)18-10-6-4-3-5-9(10)12(13,14)15/h3-6H,7-8H2,1-2H3,(H2,17,18,19)/t21-/m1/s1. The summed E-state index contributed by atoms with van der Waals surface area (Å²) >= 11 is 0. The number of halogens is 3. The summed E-state index contributed by atoms with van der Waals surface area (Å²) in [6.45, 7) is 0.0483. The van der Waals surface area contributed by atoms with Crippen molar-refractivity contribution in [3.8, 4) is 0 Å². The van der Waals surface area contributed by atoms with Gasteiger partial charge in [-0.15, -0.1) is 0 Å². The van der Waals surface area contributed by atoms with E-state index in [1.165, 1.54) is 25.4 Å². The Labute approximate surface area is 121 Å². The minimum absolute atomic E-state index is 0.0483. The number of amides is 2. The number of nitrogens with zero attached hydrogens (tertiary/aromatic N) is 1. The van der Waals surface area contributed by atoms with E-state index >= 15 is 0 Å². The number of hydrogen-bond donors (Lipinski definition) is 2. The van der Waals surface area contributed by atoms with Crippen molar-refractivity contribution in [2.24, 2.45) is 4.36 Å². The summed E-state index contributed by atoms with van der Waals surface area (Å²) in [4.78, 5) is 11.6. The highest BCUT2D eigenvalue weighted by Crippen LogP contribution is 2.34. The van der Waals surface area contributed by atoms with Gasteiger partial charge in [-0.25, -0.2) is 13.4 Å². The van der Waals surface area contributed by atoms with Crippen LogP contribution in [0.3, 0.4) is 0 Å². The highest BCUT2D eigenvalue weighted by Gasteiger charge is 2.33. The molecule has 1 aromatic rings. The SMILES string of the molecule is CN=[S@](C)(=O)CCNC(=O)Nc1ccccc1C(F)(F)F. The average molecular weight is 323 g/mol. The van der Waals surface area contributed by atoms with Gasteiger partial charge in [-0.2, -0.15) is 13.2 Å². The first-order valence-electron chi connectivity index (χ1n) is 5.95. The zero-order valence-corrected chi connectivity index (χ0v) is 12.3. The molecule has 0 radical (unpaired) electrons. The fourth-order valence-corrected chi connectivity index (χ4v) is 2.11. The first-order chi connectivity index (χ1) is 9.65. The van der Waals surface area contributed by atoms with Crippen LogP contribution in [-0.2, 0) is 15.9 Å². The molecule has 0 saturated heterocycles. The second kappa shape index (κ2) is 6.79. The van der Waals surface area contributed by atoms with Gasteiger partial charge >= 0.3 is 12.2 Å². The molecule has 5 nitrogen and oxygen atoms in total. The number of alkyl halides is 3. The van der Waals surface area contributed by atoms with Gasteiger partial charge in [-0.1, -0.05) is 12.1 Å². The summed E-state index contributed by atoms with van der Waals surface area (Å²) in [5.74, 6) is 0.123. The van der Waals surface area contributed by atoms with Gasteiger partial charge in [0.15, 0.2) is 0 Å². The van der Waals surface area contributed by atoms with E-state index in [9.17, 15) is 22.2 Å². The second-order valence-electron chi connectivity index (χ2n) is 4.27. The van der Waals surface area contributed by atoms with E-state index in [1.807, 2.05) is 0 Å². The van der Waals surface area contributed by atoms with E-state index in [-0.39, 0.29) is 18.0 Å². The number of para-hydroxylation sites is 1. The lowest BCUT2D eigenvalue weighted by molar-refractivity contribution is -0.136. The Morgan fingerprint density at radius 3 is 2.52 bits per heavy atom. The normalized spacial score (nSPS) is 14.1. The molecule has 0 unspecified atom stereocenters. The molecule has 2 amide bonds. The molecule has 0 bridgehead atoms. The third kappa shape index (κ3) is 5.62. The molecule has 1 aromatic carbocycles. The number of benzene rings is 1. The summed E-state index contributed by atoms with van der Waals surface area (Å²) in [6.07, 6.45) is -3.12. The first-order valence-corrected chi connectivity index (χ1v) is 8.04. The maximum absolute atomic E-state index is 12.7. The summed E-state index contributed by atoms with van der Waals surface area (Å²) in [6, 6.07) is 3.87. The molecule has 0 heterocycles. The second-order valence-corrected chi connectivity index (χ2v) is 6.96. The quantitative estimate of drug-likeness (QED) is 0.894. The van der Waals surface area contributed by atoms with Crippen LogP contribution < -0.4 is 10.6 Å². The van der Waals surface area contributed by atoms with Crippen LogP contribution in [0.25, 0.3) is 0 Å². The Kier molecular flexibility index (Phi) is 5.59. The number of carbonyl (C=O) groups excluding carboxylic acids is 1. The molecule has 118 valence electrons. The van der Waals surface area contributed by atoms with E-state index in [2.05, 4.69) is 15.0 Å². The monoisotopic (exact) mass is 323 g/mol. The van der Waals surface area contributed by atoms with Gasteiger partial charge in [0.2, 0.25) is 0 Å². The summed E-state index contributed by atoms with van der Waals surface area (Å²) < 4.78 is 53.4. The van der Waals surface area contributed by atoms with Crippen LogP contribution in [0, 0.1) is 0 Å². The van der Waals surface area contributed by atoms with E-state index in [4.69, 9.17) is 0 Å². The van der Waals surface area contributed by atoms with Crippen LogP contribution in [0.1, 0.15) is 5.56 Å². The van der Waals surface area contributed by atoms with Crippen molar-refractivity contribution in [2.75, 3.05) is 30.9 Å². The predicted molar refractivity (Wildman–Crippen MR) is 75.8 cm³/mol. The maximum Gasteiger partial charge on any atom is 0.418 e. The highest BCUT2D eigenvalue weighted by atomic mass is 32.2. The number of rotatable bonds is 4. The molecule has 0 fully saturated rings. The van der Waals surface area contributed by atoms with Gasteiger partial charge < -0.3 is 10.6 Å². The third-order valence-corrected chi connectivity index (χ3v) is 4.37. The van der Waals surface area contributed by atoms with E-state index in [0.29, 0.717) is 0 Å². The minimum atomic E-state index is -4.55. The van der Waals surface area contributed by atoms with E-state index in [1.54, 1.807) is 0 Å². The molecule has 2 N–H and O–H groups in total. The van der Waals surface area contributed by atoms with Crippen molar-refractivity contribution in [2.45, 2.75) is 6.18 Å². The van der Waals surface area contributed by atoms with Crippen LogP contribution in [0.2, 0.25) is 0 Å². The highest BCUT2D eigenvalue weighted by molar-refractivity contribution is 7.92. The predicted octanol–water partition coefficient (Wildman–Crippen LogP) is 2.55. The smallest absolute Gasteiger partial charge is 0.337 e. The lowest BCUT2D eigenvalue weighted by Gasteiger charge is -2.14. The molecule has 0 aromatic heterocycles. The van der Waals surface area contributed by atoms with Gasteiger partial charge in [0, 0.05) is 35.3 Å². The zero-order chi connectivity index (χ0) is 16.1. The van der Waals surface area contributed by atoms with Crippen molar-refractivity contribution < 1.29 is 22.2 Å². The summed E-state index contributed by atoms with van der Waals surface area (Å²) in [5, 5.41) is 4.47. The Bertz CT molecular complexity index is 622. The molecule has 0 saturated carbocycles. The Balaban J connectivity index is 2.67. The molecule has 0 aliphatic carbocycles. The summed E-state index contributed by atoms with van der Waals surface area (Å²) in [5.41, 5.74) is -1.26. The van der Waals surface area contributed by atoms with Crippen molar-refractivity contribution in [3.63, 3.8) is 0 Å². The molecule has 1 atom stereocenters. The molecule has 21 heavy (non-hydrogen) atoms. The van der Waals surface area contributed by atoms with Crippen molar-refractivity contribution in [3.05, 3.63) is 29.8 Å². The van der Waals surface area contributed by atoms with Crippen LogP contribution in [0.5, 0.6) is 0 Å².